The van der Waals surface area contributed by atoms with Gasteiger partial charge in [0, 0.05) is 12.5 Å². The largest absolute Gasteiger partial charge is 0.486 e. The van der Waals surface area contributed by atoms with Crippen LogP contribution in [0.25, 0.3) is 0 Å². The standard InChI is InChI=1S/C24H22F2O4/c1-2-28-24(27)12-10-17-9-11-23(22(26)14-17)29-16-18-5-3-7-20(13-18)30-21-8-4-6-19(25)15-21/h3-9,11,13-15H,2,10,12,16H2,1H3. The molecule has 0 N–H and O–H groups in total. The second-order valence-corrected chi connectivity index (χ2v) is 6.57. The third-order valence-corrected chi connectivity index (χ3v) is 4.24. The molecule has 0 amide bonds. The number of hydrogen-bond donors (Lipinski definition) is 0. The molecule has 156 valence electrons. The van der Waals surface area contributed by atoms with Gasteiger partial charge in [-0.25, -0.2) is 8.78 Å². The molecule has 0 spiro atoms. The first-order chi connectivity index (χ1) is 14.5. The van der Waals surface area contributed by atoms with E-state index in [9.17, 15) is 13.6 Å². The summed E-state index contributed by atoms with van der Waals surface area (Å²) >= 11 is 0. The summed E-state index contributed by atoms with van der Waals surface area (Å²) in [4.78, 5) is 11.4. The van der Waals surface area contributed by atoms with Crippen molar-refractivity contribution in [3.63, 3.8) is 0 Å². The average Bonchev–Trinajstić information content (AvgIpc) is 2.72. The Hall–Kier alpha value is -3.41. The predicted octanol–water partition coefficient (Wildman–Crippen LogP) is 5.83. The molecular formula is C24H22F2O4. The molecule has 0 aliphatic carbocycles. The Morgan fingerprint density at radius 1 is 0.900 bits per heavy atom. The highest BCUT2D eigenvalue weighted by Gasteiger charge is 2.08. The summed E-state index contributed by atoms with van der Waals surface area (Å²) in [5, 5.41) is 0. The Bertz CT molecular complexity index is 1000. The van der Waals surface area contributed by atoms with E-state index >= 15 is 0 Å². The molecule has 0 saturated carbocycles. The first-order valence-electron chi connectivity index (χ1n) is 9.62. The first kappa shape index (κ1) is 21.3. The van der Waals surface area contributed by atoms with Gasteiger partial charge in [-0.3, -0.25) is 4.79 Å². The van der Waals surface area contributed by atoms with Gasteiger partial charge in [0.25, 0.3) is 0 Å². The Morgan fingerprint density at radius 3 is 2.40 bits per heavy atom. The second kappa shape index (κ2) is 10.4. The number of rotatable bonds is 9. The maximum absolute atomic E-state index is 14.3. The van der Waals surface area contributed by atoms with Crippen LogP contribution in [0.15, 0.2) is 66.7 Å². The number of hydrogen-bond acceptors (Lipinski definition) is 4. The Morgan fingerprint density at radius 2 is 1.67 bits per heavy atom. The zero-order valence-corrected chi connectivity index (χ0v) is 16.6. The Labute approximate surface area is 174 Å². The molecule has 0 aromatic heterocycles. The van der Waals surface area contributed by atoms with Gasteiger partial charge in [0.15, 0.2) is 11.6 Å². The van der Waals surface area contributed by atoms with Crippen molar-refractivity contribution in [2.24, 2.45) is 0 Å². The zero-order chi connectivity index (χ0) is 21.3. The summed E-state index contributed by atoms with van der Waals surface area (Å²) in [6.45, 7) is 2.21. The number of carbonyl (C=O) groups is 1. The summed E-state index contributed by atoms with van der Waals surface area (Å²) in [7, 11) is 0. The number of carbonyl (C=O) groups excluding carboxylic acids is 1. The highest BCUT2D eigenvalue weighted by atomic mass is 19.1. The molecule has 0 heterocycles. The molecule has 3 rings (SSSR count). The lowest BCUT2D eigenvalue weighted by Gasteiger charge is -2.11. The molecule has 0 aliphatic rings. The molecule has 30 heavy (non-hydrogen) atoms. The molecule has 0 saturated heterocycles. The van der Waals surface area contributed by atoms with Crippen LogP contribution >= 0.6 is 0 Å². The molecule has 3 aromatic carbocycles. The summed E-state index contributed by atoms with van der Waals surface area (Å²) in [6.07, 6.45) is 0.598. The van der Waals surface area contributed by atoms with Gasteiger partial charge in [0.05, 0.1) is 6.61 Å². The van der Waals surface area contributed by atoms with Crippen LogP contribution in [0.5, 0.6) is 17.2 Å². The van der Waals surface area contributed by atoms with Gasteiger partial charge in [0.2, 0.25) is 0 Å². The van der Waals surface area contributed by atoms with E-state index in [1.165, 1.54) is 18.2 Å². The minimum Gasteiger partial charge on any atom is -0.486 e. The summed E-state index contributed by atoms with van der Waals surface area (Å²) in [5.41, 5.74) is 1.47. The average molecular weight is 412 g/mol. The maximum atomic E-state index is 14.3. The second-order valence-electron chi connectivity index (χ2n) is 6.57. The molecule has 4 nitrogen and oxygen atoms in total. The van der Waals surface area contributed by atoms with Crippen molar-refractivity contribution in [3.05, 3.63) is 89.5 Å². The smallest absolute Gasteiger partial charge is 0.306 e. The first-order valence-corrected chi connectivity index (χ1v) is 9.62. The van der Waals surface area contributed by atoms with E-state index in [4.69, 9.17) is 14.2 Å². The third kappa shape index (κ3) is 6.30. The lowest BCUT2D eigenvalue weighted by Crippen LogP contribution is -2.05. The van der Waals surface area contributed by atoms with E-state index < -0.39 is 5.82 Å². The van der Waals surface area contributed by atoms with Crippen LogP contribution in [0.3, 0.4) is 0 Å². The minimum atomic E-state index is -0.497. The normalized spacial score (nSPS) is 10.5. The molecule has 0 atom stereocenters. The van der Waals surface area contributed by atoms with E-state index in [0.29, 0.717) is 30.1 Å². The van der Waals surface area contributed by atoms with Gasteiger partial charge in [-0.15, -0.1) is 0 Å². The molecule has 0 bridgehead atoms. The van der Waals surface area contributed by atoms with Gasteiger partial charge in [-0.2, -0.15) is 0 Å². The fraction of sp³-hybridized carbons (Fsp3) is 0.208. The quantitative estimate of drug-likeness (QED) is 0.415. The molecule has 0 radical (unpaired) electrons. The van der Waals surface area contributed by atoms with Gasteiger partial charge in [-0.1, -0.05) is 24.3 Å². The topological polar surface area (TPSA) is 44.8 Å². The van der Waals surface area contributed by atoms with Crippen LogP contribution in [0, 0.1) is 11.6 Å². The lowest BCUT2D eigenvalue weighted by atomic mass is 10.1. The van der Waals surface area contributed by atoms with E-state index in [0.717, 1.165) is 5.56 Å². The van der Waals surface area contributed by atoms with E-state index in [1.54, 1.807) is 49.4 Å². The highest BCUT2D eigenvalue weighted by molar-refractivity contribution is 5.69. The fourth-order valence-corrected chi connectivity index (χ4v) is 2.82. The summed E-state index contributed by atoms with van der Waals surface area (Å²) < 4.78 is 43.7. The van der Waals surface area contributed by atoms with Crippen LogP contribution in [0.2, 0.25) is 0 Å². The molecule has 6 heteroatoms. The van der Waals surface area contributed by atoms with E-state index in [1.807, 2.05) is 6.07 Å². The van der Waals surface area contributed by atoms with Crippen LogP contribution < -0.4 is 9.47 Å². The number of esters is 1. The van der Waals surface area contributed by atoms with Gasteiger partial charge in [-0.05, 0) is 60.9 Å². The molecule has 0 aliphatic heterocycles. The monoisotopic (exact) mass is 412 g/mol. The molecule has 0 unspecified atom stereocenters. The fourth-order valence-electron chi connectivity index (χ4n) is 2.82. The highest BCUT2D eigenvalue weighted by Crippen LogP contribution is 2.24. The predicted molar refractivity (Wildman–Crippen MR) is 109 cm³/mol. The van der Waals surface area contributed by atoms with Crippen LogP contribution in [0.1, 0.15) is 24.5 Å². The van der Waals surface area contributed by atoms with Crippen LogP contribution in [-0.2, 0) is 22.6 Å². The Balaban J connectivity index is 1.58. The maximum Gasteiger partial charge on any atom is 0.306 e. The molecular weight excluding hydrogens is 390 g/mol. The summed E-state index contributed by atoms with van der Waals surface area (Å²) in [5.74, 6) is -0.157. The SMILES string of the molecule is CCOC(=O)CCc1ccc(OCc2cccc(Oc3cccc(F)c3)c2)c(F)c1. The van der Waals surface area contributed by atoms with Crippen molar-refractivity contribution < 1.29 is 27.8 Å². The molecule has 3 aromatic rings. The van der Waals surface area contributed by atoms with E-state index in [2.05, 4.69) is 0 Å². The minimum absolute atomic E-state index is 0.117. The third-order valence-electron chi connectivity index (χ3n) is 4.24. The van der Waals surface area contributed by atoms with Crippen LogP contribution in [0.4, 0.5) is 8.78 Å². The zero-order valence-electron chi connectivity index (χ0n) is 16.6. The van der Waals surface area contributed by atoms with Crippen LogP contribution in [-0.4, -0.2) is 12.6 Å². The van der Waals surface area contributed by atoms with Crippen molar-refractivity contribution in [2.75, 3.05) is 6.61 Å². The van der Waals surface area contributed by atoms with Crippen molar-refractivity contribution in [1.29, 1.82) is 0 Å². The van der Waals surface area contributed by atoms with Gasteiger partial charge in [0.1, 0.15) is 23.9 Å². The van der Waals surface area contributed by atoms with Crippen molar-refractivity contribution in [1.82, 2.24) is 0 Å². The van der Waals surface area contributed by atoms with Crippen molar-refractivity contribution in [3.8, 4) is 17.2 Å². The number of benzene rings is 3. The number of halogens is 2. The van der Waals surface area contributed by atoms with Crippen molar-refractivity contribution in [2.45, 2.75) is 26.4 Å². The van der Waals surface area contributed by atoms with Gasteiger partial charge >= 0.3 is 5.97 Å². The lowest BCUT2D eigenvalue weighted by molar-refractivity contribution is -0.143. The van der Waals surface area contributed by atoms with Gasteiger partial charge < -0.3 is 14.2 Å². The Kier molecular flexibility index (Phi) is 7.38. The summed E-state index contributed by atoms with van der Waals surface area (Å²) in [6, 6.07) is 17.6. The number of aryl methyl sites for hydroxylation is 1. The van der Waals surface area contributed by atoms with Crippen molar-refractivity contribution >= 4 is 5.97 Å². The van der Waals surface area contributed by atoms with E-state index in [-0.39, 0.29) is 30.6 Å². The molecule has 0 fully saturated rings. The number of ether oxygens (including phenoxy) is 3.